The number of nitrogens with one attached hydrogen (secondary N) is 1. The standard InChI is InChI=1S/C22H27ClN2O.ClH/c1-22(2)12-10-17(11-13-22)25-14-15-6-8-16(9-7-15)18-4-3-5-19(20(18)23)21(24)26;/h3-9,17,25H,10-14H2,1-2H3,(H2,24,26);1H. The molecule has 3 N–H and O–H groups in total. The van der Waals surface area contributed by atoms with Crippen LogP contribution in [0.15, 0.2) is 42.5 Å². The SMILES string of the molecule is CC1(C)CCC(NCc2ccc(-c3cccc(C(N)=O)c3Cl)cc2)CC1.Cl. The van der Waals surface area contributed by atoms with Crippen LogP contribution in [0.2, 0.25) is 5.02 Å². The molecule has 0 bridgehead atoms. The molecule has 0 aromatic heterocycles. The number of carbonyl (C=O) groups is 1. The van der Waals surface area contributed by atoms with Crippen LogP contribution in [-0.4, -0.2) is 11.9 Å². The highest BCUT2D eigenvalue weighted by Gasteiger charge is 2.26. The van der Waals surface area contributed by atoms with Crippen LogP contribution in [0, 0.1) is 5.41 Å². The first kappa shape index (κ1) is 21.7. The van der Waals surface area contributed by atoms with Gasteiger partial charge in [0.1, 0.15) is 0 Å². The van der Waals surface area contributed by atoms with E-state index in [0.29, 0.717) is 22.0 Å². The van der Waals surface area contributed by atoms with E-state index < -0.39 is 5.91 Å². The van der Waals surface area contributed by atoms with Crippen molar-refractivity contribution in [2.45, 2.75) is 52.1 Å². The summed E-state index contributed by atoms with van der Waals surface area (Å²) >= 11 is 6.35. The third kappa shape index (κ3) is 5.47. The van der Waals surface area contributed by atoms with Gasteiger partial charge in [-0.25, -0.2) is 0 Å². The Labute approximate surface area is 173 Å². The van der Waals surface area contributed by atoms with E-state index in [2.05, 4.69) is 31.3 Å². The molecule has 0 radical (unpaired) electrons. The molecule has 0 aliphatic heterocycles. The largest absolute Gasteiger partial charge is 0.366 e. The number of amides is 1. The average molecular weight is 407 g/mol. The number of nitrogens with two attached hydrogens (primary N) is 1. The predicted octanol–water partition coefficient (Wildman–Crippen LogP) is 5.59. The maximum Gasteiger partial charge on any atom is 0.250 e. The summed E-state index contributed by atoms with van der Waals surface area (Å²) in [6.45, 7) is 5.60. The van der Waals surface area contributed by atoms with Crippen molar-refractivity contribution >= 4 is 29.9 Å². The molecular formula is C22H28Cl2N2O. The first-order valence-corrected chi connectivity index (χ1v) is 9.64. The molecule has 0 heterocycles. The fourth-order valence-electron chi connectivity index (χ4n) is 3.61. The third-order valence-corrected chi connectivity index (χ3v) is 5.87. The van der Waals surface area contributed by atoms with Crippen molar-refractivity contribution in [3.05, 3.63) is 58.6 Å². The zero-order chi connectivity index (χ0) is 18.7. The number of hydrogen-bond donors (Lipinski definition) is 2. The van der Waals surface area contributed by atoms with Gasteiger partial charge in [0.25, 0.3) is 0 Å². The Balaban J connectivity index is 0.00000261. The summed E-state index contributed by atoms with van der Waals surface area (Å²) in [6.07, 6.45) is 5.08. The van der Waals surface area contributed by atoms with Crippen LogP contribution < -0.4 is 11.1 Å². The van der Waals surface area contributed by atoms with E-state index in [4.69, 9.17) is 17.3 Å². The van der Waals surface area contributed by atoms with Crippen molar-refractivity contribution in [2.24, 2.45) is 11.1 Å². The Morgan fingerprint density at radius 3 is 2.37 bits per heavy atom. The lowest BCUT2D eigenvalue weighted by Crippen LogP contribution is -2.35. The van der Waals surface area contributed by atoms with Crippen molar-refractivity contribution in [3.8, 4) is 11.1 Å². The molecule has 1 amide bonds. The Morgan fingerprint density at radius 2 is 1.78 bits per heavy atom. The topological polar surface area (TPSA) is 55.1 Å². The molecule has 2 aromatic carbocycles. The van der Waals surface area contributed by atoms with Gasteiger partial charge < -0.3 is 11.1 Å². The van der Waals surface area contributed by atoms with Gasteiger partial charge in [-0.3, -0.25) is 4.79 Å². The van der Waals surface area contributed by atoms with Crippen LogP contribution in [0.4, 0.5) is 0 Å². The molecule has 2 aromatic rings. The zero-order valence-corrected chi connectivity index (χ0v) is 17.5. The highest BCUT2D eigenvalue weighted by molar-refractivity contribution is 6.36. The van der Waals surface area contributed by atoms with Crippen molar-refractivity contribution in [1.29, 1.82) is 0 Å². The first-order valence-electron chi connectivity index (χ1n) is 9.27. The molecule has 0 unspecified atom stereocenters. The molecule has 1 aliphatic rings. The monoisotopic (exact) mass is 406 g/mol. The first-order chi connectivity index (χ1) is 12.4. The third-order valence-electron chi connectivity index (χ3n) is 5.46. The van der Waals surface area contributed by atoms with Crippen molar-refractivity contribution < 1.29 is 4.79 Å². The minimum absolute atomic E-state index is 0. The van der Waals surface area contributed by atoms with Gasteiger partial charge in [0.05, 0.1) is 10.6 Å². The maximum atomic E-state index is 11.5. The van der Waals surface area contributed by atoms with E-state index in [1.807, 2.05) is 18.2 Å². The second-order valence-electron chi connectivity index (χ2n) is 8.05. The van der Waals surface area contributed by atoms with Gasteiger partial charge in [-0.2, -0.15) is 0 Å². The van der Waals surface area contributed by atoms with E-state index in [1.165, 1.54) is 31.2 Å². The molecule has 27 heavy (non-hydrogen) atoms. The highest BCUT2D eigenvalue weighted by Crippen LogP contribution is 2.35. The number of halogens is 2. The van der Waals surface area contributed by atoms with Gasteiger partial charge in [-0.15, -0.1) is 12.4 Å². The maximum absolute atomic E-state index is 11.5. The Kier molecular flexibility index (Phi) is 7.32. The Bertz CT molecular complexity index is 777. The quantitative estimate of drug-likeness (QED) is 0.679. The molecule has 1 fully saturated rings. The van der Waals surface area contributed by atoms with Crippen LogP contribution in [0.3, 0.4) is 0 Å². The normalized spacial score (nSPS) is 16.6. The minimum Gasteiger partial charge on any atom is -0.366 e. The van der Waals surface area contributed by atoms with Crippen LogP contribution in [0.1, 0.15) is 55.5 Å². The van der Waals surface area contributed by atoms with Crippen molar-refractivity contribution in [1.82, 2.24) is 5.32 Å². The molecule has 146 valence electrons. The lowest BCUT2D eigenvalue weighted by Gasteiger charge is -2.34. The number of benzene rings is 2. The van der Waals surface area contributed by atoms with Gasteiger partial charge in [-0.05, 0) is 48.3 Å². The van der Waals surface area contributed by atoms with E-state index in [0.717, 1.165) is 17.7 Å². The second kappa shape index (κ2) is 9.09. The summed E-state index contributed by atoms with van der Waals surface area (Å²) in [5.41, 5.74) is 9.30. The van der Waals surface area contributed by atoms with Crippen LogP contribution in [-0.2, 0) is 6.54 Å². The zero-order valence-electron chi connectivity index (χ0n) is 15.9. The number of rotatable bonds is 5. The summed E-state index contributed by atoms with van der Waals surface area (Å²) in [7, 11) is 0. The van der Waals surface area contributed by atoms with Gasteiger partial charge in [-0.1, -0.05) is 61.8 Å². The second-order valence-corrected chi connectivity index (χ2v) is 8.43. The lowest BCUT2D eigenvalue weighted by atomic mass is 9.75. The highest BCUT2D eigenvalue weighted by atomic mass is 35.5. The number of primary amides is 1. The fraction of sp³-hybridized carbons (Fsp3) is 0.409. The molecule has 3 nitrogen and oxygen atoms in total. The van der Waals surface area contributed by atoms with E-state index in [9.17, 15) is 4.79 Å². The van der Waals surface area contributed by atoms with Gasteiger partial charge >= 0.3 is 0 Å². The fourth-order valence-corrected chi connectivity index (χ4v) is 3.94. The van der Waals surface area contributed by atoms with Crippen molar-refractivity contribution in [2.75, 3.05) is 0 Å². The summed E-state index contributed by atoms with van der Waals surface area (Å²) in [6, 6.07) is 14.3. The van der Waals surface area contributed by atoms with Crippen LogP contribution in [0.5, 0.6) is 0 Å². The number of carbonyl (C=O) groups excluding carboxylic acids is 1. The molecule has 0 saturated heterocycles. The summed E-state index contributed by atoms with van der Waals surface area (Å²) in [5, 5.41) is 4.10. The minimum atomic E-state index is -0.506. The van der Waals surface area contributed by atoms with Gasteiger partial charge in [0.15, 0.2) is 0 Å². The van der Waals surface area contributed by atoms with Gasteiger partial charge in [0, 0.05) is 18.2 Å². The molecule has 0 spiro atoms. The average Bonchev–Trinajstić information content (AvgIpc) is 2.61. The van der Waals surface area contributed by atoms with Crippen LogP contribution >= 0.6 is 24.0 Å². The summed E-state index contributed by atoms with van der Waals surface area (Å²) < 4.78 is 0. The summed E-state index contributed by atoms with van der Waals surface area (Å²) in [4.78, 5) is 11.5. The molecule has 1 saturated carbocycles. The summed E-state index contributed by atoms with van der Waals surface area (Å²) in [5.74, 6) is -0.506. The Hall–Kier alpha value is -1.55. The molecule has 3 rings (SSSR count). The molecule has 0 atom stereocenters. The van der Waals surface area contributed by atoms with E-state index >= 15 is 0 Å². The van der Waals surface area contributed by atoms with Gasteiger partial charge in [0.2, 0.25) is 5.91 Å². The van der Waals surface area contributed by atoms with E-state index in [-0.39, 0.29) is 12.4 Å². The molecule has 1 aliphatic carbocycles. The van der Waals surface area contributed by atoms with E-state index in [1.54, 1.807) is 12.1 Å². The smallest absolute Gasteiger partial charge is 0.250 e. The number of hydrogen-bond acceptors (Lipinski definition) is 2. The van der Waals surface area contributed by atoms with Crippen molar-refractivity contribution in [3.63, 3.8) is 0 Å². The Morgan fingerprint density at radius 1 is 1.15 bits per heavy atom. The molecule has 5 heteroatoms. The predicted molar refractivity (Wildman–Crippen MR) is 116 cm³/mol. The molecular weight excluding hydrogens is 379 g/mol. The van der Waals surface area contributed by atoms with Crippen LogP contribution in [0.25, 0.3) is 11.1 Å². The lowest BCUT2D eigenvalue weighted by molar-refractivity contribution is 0.100.